The number of anilines is 1. The molecule has 5 heteroatoms. The lowest BCUT2D eigenvalue weighted by Gasteiger charge is -2.11. The van der Waals surface area contributed by atoms with Crippen LogP contribution >= 0.6 is 11.6 Å². The Bertz CT molecular complexity index is 472. The molecule has 0 spiro atoms. The number of carbonyl (C=O) groups is 1. The van der Waals surface area contributed by atoms with E-state index in [1.54, 1.807) is 12.1 Å². The van der Waals surface area contributed by atoms with Gasteiger partial charge >= 0.3 is 0 Å². The quantitative estimate of drug-likeness (QED) is 0.788. The number of rotatable bonds is 6. The number of hydrogen-bond donors (Lipinski definition) is 2. The zero-order valence-corrected chi connectivity index (χ0v) is 12.2. The predicted molar refractivity (Wildman–Crippen MR) is 77.7 cm³/mol. The highest BCUT2D eigenvalue weighted by Crippen LogP contribution is 2.44. The highest BCUT2D eigenvalue weighted by atomic mass is 35.5. The molecule has 0 saturated heterocycles. The van der Waals surface area contributed by atoms with Crippen molar-refractivity contribution in [2.24, 2.45) is 5.41 Å². The Morgan fingerprint density at radius 1 is 1.47 bits per heavy atom. The maximum Gasteiger partial charge on any atom is 0.251 e. The molecule has 1 heterocycles. The van der Waals surface area contributed by atoms with Crippen molar-refractivity contribution < 1.29 is 4.79 Å². The molecule has 1 aliphatic rings. The number of aromatic nitrogens is 1. The van der Waals surface area contributed by atoms with E-state index in [0.717, 1.165) is 19.5 Å². The summed E-state index contributed by atoms with van der Waals surface area (Å²) in [5, 5.41) is 6.44. The largest absolute Gasteiger partial charge is 0.370 e. The molecule has 104 valence electrons. The van der Waals surface area contributed by atoms with E-state index in [2.05, 4.69) is 29.5 Å². The number of nitrogens with one attached hydrogen (secondary N) is 2. The van der Waals surface area contributed by atoms with E-state index < -0.39 is 0 Å². The van der Waals surface area contributed by atoms with Crippen molar-refractivity contribution in [3.05, 3.63) is 22.8 Å². The number of pyridine rings is 1. The van der Waals surface area contributed by atoms with Crippen LogP contribution in [-0.2, 0) is 0 Å². The van der Waals surface area contributed by atoms with Crippen molar-refractivity contribution in [2.45, 2.75) is 33.1 Å². The van der Waals surface area contributed by atoms with Gasteiger partial charge in [0.1, 0.15) is 11.0 Å². The van der Waals surface area contributed by atoms with Crippen LogP contribution in [0, 0.1) is 5.41 Å². The first-order valence-electron chi connectivity index (χ1n) is 6.72. The molecular weight excluding hydrogens is 262 g/mol. The molecule has 0 atom stereocenters. The van der Waals surface area contributed by atoms with Gasteiger partial charge in [0.2, 0.25) is 0 Å². The minimum atomic E-state index is -0.0861. The van der Waals surface area contributed by atoms with Gasteiger partial charge in [-0.25, -0.2) is 4.98 Å². The monoisotopic (exact) mass is 281 g/mol. The third-order valence-corrected chi connectivity index (χ3v) is 3.59. The lowest BCUT2D eigenvalue weighted by atomic mass is 10.1. The molecule has 1 amide bonds. The predicted octanol–water partition coefficient (Wildman–Crippen LogP) is 3.09. The Kier molecular flexibility index (Phi) is 4.30. The first kappa shape index (κ1) is 14.1. The number of carbonyl (C=O) groups excluding carboxylic acids is 1. The lowest BCUT2D eigenvalue weighted by molar-refractivity contribution is 0.0946. The highest BCUT2D eigenvalue weighted by Gasteiger charge is 2.37. The molecule has 19 heavy (non-hydrogen) atoms. The van der Waals surface area contributed by atoms with Crippen LogP contribution in [0.1, 0.15) is 43.5 Å². The summed E-state index contributed by atoms with van der Waals surface area (Å²) < 4.78 is 0. The smallest absolute Gasteiger partial charge is 0.251 e. The third kappa shape index (κ3) is 4.10. The van der Waals surface area contributed by atoms with Crippen molar-refractivity contribution in [1.82, 2.24) is 10.3 Å². The number of nitrogens with zero attached hydrogens (tertiary/aromatic N) is 1. The Hall–Kier alpha value is -1.29. The van der Waals surface area contributed by atoms with Gasteiger partial charge in [-0.15, -0.1) is 0 Å². The van der Waals surface area contributed by atoms with Gasteiger partial charge in [-0.3, -0.25) is 4.79 Å². The molecule has 0 aliphatic heterocycles. The fourth-order valence-corrected chi connectivity index (χ4v) is 1.97. The minimum Gasteiger partial charge on any atom is -0.370 e. The van der Waals surface area contributed by atoms with E-state index in [1.807, 2.05) is 0 Å². The van der Waals surface area contributed by atoms with Gasteiger partial charge in [-0.1, -0.05) is 25.4 Å². The first-order valence-corrected chi connectivity index (χ1v) is 7.10. The van der Waals surface area contributed by atoms with Crippen LogP contribution in [0.5, 0.6) is 0 Å². The zero-order chi connectivity index (χ0) is 13.9. The molecule has 1 aliphatic carbocycles. The van der Waals surface area contributed by atoms with Gasteiger partial charge in [0.05, 0.1) is 0 Å². The molecule has 1 fully saturated rings. The Morgan fingerprint density at radius 2 is 2.21 bits per heavy atom. The van der Waals surface area contributed by atoms with Crippen molar-refractivity contribution in [1.29, 1.82) is 0 Å². The van der Waals surface area contributed by atoms with Crippen molar-refractivity contribution >= 4 is 23.3 Å². The van der Waals surface area contributed by atoms with Crippen LogP contribution in [0.3, 0.4) is 0 Å². The average molecular weight is 282 g/mol. The summed E-state index contributed by atoms with van der Waals surface area (Å²) in [6.07, 6.45) is 3.37. The van der Waals surface area contributed by atoms with Crippen molar-refractivity contribution in [2.75, 3.05) is 18.4 Å². The van der Waals surface area contributed by atoms with Crippen LogP contribution in [0.25, 0.3) is 0 Å². The summed E-state index contributed by atoms with van der Waals surface area (Å²) in [4.78, 5) is 16.2. The molecule has 1 aromatic heterocycles. The molecule has 0 unspecified atom stereocenters. The van der Waals surface area contributed by atoms with Gasteiger partial charge < -0.3 is 10.6 Å². The van der Waals surface area contributed by atoms with Gasteiger partial charge in [0.25, 0.3) is 5.91 Å². The Morgan fingerprint density at radius 3 is 2.84 bits per heavy atom. The van der Waals surface area contributed by atoms with Crippen LogP contribution < -0.4 is 10.6 Å². The molecule has 0 aromatic carbocycles. The summed E-state index contributed by atoms with van der Waals surface area (Å²) in [5.41, 5.74) is 0.860. The van der Waals surface area contributed by atoms with Crippen LogP contribution in [0.4, 0.5) is 5.82 Å². The molecule has 1 aromatic rings. The van der Waals surface area contributed by atoms with E-state index in [0.29, 0.717) is 21.9 Å². The Labute approximate surface area is 118 Å². The lowest BCUT2D eigenvalue weighted by Crippen LogP contribution is -2.29. The SMILES string of the molecule is CCCNc1cc(C(=O)NCC2(C)CC2)cc(Cl)n1. The molecule has 0 radical (unpaired) electrons. The molecule has 1 saturated carbocycles. The maximum absolute atomic E-state index is 12.1. The highest BCUT2D eigenvalue weighted by molar-refractivity contribution is 6.29. The second kappa shape index (κ2) is 5.78. The molecule has 0 bridgehead atoms. The number of hydrogen-bond acceptors (Lipinski definition) is 3. The van der Waals surface area contributed by atoms with E-state index in [9.17, 15) is 4.79 Å². The third-order valence-electron chi connectivity index (χ3n) is 3.39. The topological polar surface area (TPSA) is 54.0 Å². The molecule has 4 nitrogen and oxygen atoms in total. The number of amides is 1. The first-order chi connectivity index (χ1) is 9.02. The second-order valence-electron chi connectivity index (χ2n) is 5.48. The summed E-state index contributed by atoms with van der Waals surface area (Å²) >= 11 is 5.94. The van der Waals surface area contributed by atoms with Crippen molar-refractivity contribution in [3.63, 3.8) is 0 Å². The van der Waals surface area contributed by atoms with Crippen molar-refractivity contribution in [3.8, 4) is 0 Å². The summed E-state index contributed by atoms with van der Waals surface area (Å²) in [5.74, 6) is 0.564. The van der Waals surface area contributed by atoms with Gasteiger partial charge in [0.15, 0.2) is 0 Å². The molecule has 2 N–H and O–H groups in total. The fraction of sp³-hybridized carbons (Fsp3) is 0.571. The fourth-order valence-electron chi connectivity index (χ4n) is 1.76. The van der Waals surface area contributed by atoms with Gasteiger partial charge in [-0.2, -0.15) is 0 Å². The van der Waals surface area contributed by atoms with E-state index >= 15 is 0 Å². The van der Waals surface area contributed by atoms with Crippen LogP contribution in [-0.4, -0.2) is 24.0 Å². The average Bonchev–Trinajstić information content (AvgIpc) is 3.11. The van der Waals surface area contributed by atoms with Gasteiger partial charge in [-0.05, 0) is 36.8 Å². The Balaban J connectivity index is 2.01. The maximum atomic E-state index is 12.1. The minimum absolute atomic E-state index is 0.0861. The molecule has 2 rings (SSSR count). The van der Waals surface area contributed by atoms with Crippen LogP contribution in [0.15, 0.2) is 12.1 Å². The zero-order valence-electron chi connectivity index (χ0n) is 11.4. The molecular formula is C14H20ClN3O. The summed E-state index contributed by atoms with van der Waals surface area (Å²) in [6, 6.07) is 3.34. The van der Waals surface area contributed by atoms with Crippen LogP contribution in [0.2, 0.25) is 5.15 Å². The van der Waals surface area contributed by atoms with E-state index in [4.69, 9.17) is 11.6 Å². The second-order valence-corrected chi connectivity index (χ2v) is 5.87. The van der Waals surface area contributed by atoms with E-state index in [1.165, 1.54) is 12.8 Å². The standard InChI is InChI=1S/C14H20ClN3O/c1-3-6-16-12-8-10(7-11(15)18-12)13(19)17-9-14(2)4-5-14/h7-8H,3-6,9H2,1-2H3,(H,16,18)(H,17,19). The van der Waals surface area contributed by atoms with Gasteiger partial charge in [0, 0.05) is 18.7 Å². The van der Waals surface area contributed by atoms with E-state index in [-0.39, 0.29) is 5.91 Å². The summed E-state index contributed by atoms with van der Waals surface area (Å²) in [7, 11) is 0. The normalized spacial score (nSPS) is 15.9. The number of halogens is 1. The summed E-state index contributed by atoms with van der Waals surface area (Å²) in [6.45, 7) is 5.79.